The monoisotopic (exact) mass is 585 g/mol. The maximum Gasteiger partial charge on any atom is 0.157 e. The first-order chi connectivity index (χ1) is 22.2. The van der Waals surface area contributed by atoms with Gasteiger partial charge in [0, 0.05) is 27.5 Å². The number of rotatable bonds is 7. The molecule has 7 aromatic rings. The first-order valence-corrected chi connectivity index (χ1v) is 14.9. The predicted octanol–water partition coefficient (Wildman–Crippen LogP) is 9.28. The van der Waals surface area contributed by atoms with Gasteiger partial charge in [-0.3, -0.25) is 4.99 Å². The molecule has 45 heavy (non-hydrogen) atoms. The molecule has 0 bridgehead atoms. The smallest absolute Gasteiger partial charge is 0.157 e. The highest BCUT2D eigenvalue weighted by Crippen LogP contribution is 2.35. The zero-order chi connectivity index (χ0) is 30.6. The van der Waals surface area contributed by atoms with Gasteiger partial charge in [-0.05, 0) is 52.6 Å². The fourth-order valence-corrected chi connectivity index (χ4v) is 5.67. The average molecular weight is 586 g/mol. The Hall–Kier alpha value is -5.94. The standard InChI is InChI=1S/C40H31N3O2/c1-44-37-18-10-15-32(38(37)29-21-19-28(20-22-29)27-11-4-2-5-12-27)26-42-40(30-13-6-3-7-14-30)43-39(41)31-23-24-36-34(25-31)33-16-8-9-17-35(33)45-36/h2-25H,26H2,1H3,(H2,41,42,43). The van der Waals surface area contributed by atoms with E-state index in [9.17, 15) is 0 Å². The first kappa shape index (κ1) is 27.9. The fraction of sp³-hybridized carbons (Fsp3) is 0.0500. The lowest BCUT2D eigenvalue weighted by molar-refractivity contribution is 0.416. The van der Waals surface area contributed by atoms with E-state index in [4.69, 9.17) is 24.9 Å². The highest BCUT2D eigenvalue weighted by molar-refractivity contribution is 6.13. The lowest BCUT2D eigenvalue weighted by atomic mass is 9.96. The second-order valence-electron chi connectivity index (χ2n) is 10.7. The van der Waals surface area contributed by atoms with Crippen molar-refractivity contribution >= 4 is 33.6 Å². The molecule has 7 rings (SSSR count). The van der Waals surface area contributed by atoms with Crippen LogP contribution in [-0.4, -0.2) is 18.8 Å². The van der Waals surface area contributed by atoms with Crippen molar-refractivity contribution in [1.82, 2.24) is 0 Å². The molecule has 1 aromatic heterocycles. The number of amidine groups is 2. The topological polar surface area (TPSA) is 73.1 Å². The number of nitrogens with zero attached hydrogens (tertiary/aromatic N) is 2. The molecular formula is C40H31N3O2. The highest BCUT2D eigenvalue weighted by Gasteiger charge is 2.14. The van der Waals surface area contributed by atoms with Crippen LogP contribution in [0.2, 0.25) is 0 Å². The molecule has 5 heteroatoms. The summed E-state index contributed by atoms with van der Waals surface area (Å²) in [4.78, 5) is 9.91. The molecule has 0 radical (unpaired) electrons. The largest absolute Gasteiger partial charge is 0.496 e. The number of para-hydroxylation sites is 1. The summed E-state index contributed by atoms with van der Waals surface area (Å²) in [5, 5.41) is 2.04. The van der Waals surface area contributed by atoms with Gasteiger partial charge in [-0.15, -0.1) is 0 Å². The van der Waals surface area contributed by atoms with E-state index in [0.29, 0.717) is 18.2 Å². The van der Waals surface area contributed by atoms with E-state index in [2.05, 4.69) is 60.7 Å². The number of methoxy groups -OCH3 is 1. The molecule has 0 atom stereocenters. The third-order valence-electron chi connectivity index (χ3n) is 7.94. The van der Waals surface area contributed by atoms with Gasteiger partial charge in [-0.1, -0.05) is 115 Å². The van der Waals surface area contributed by atoms with Gasteiger partial charge in [0.1, 0.15) is 22.8 Å². The summed E-state index contributed by atoms with van der Waals surface area (Å²) >= 11 is 0. The lowest BCUT2D eigenvalue weighted by Crippen LogP contribution is -2.16. The molecule has 0 aliphatic rings. The number of hydrogen-bond donors (Lipinski definition) is 1. The van der Waals surface area contributed by atoms with E-state index in [-0.39, 0.29) is 0 Å². The third kappa shape index (κ3) is 5.71. The van der Waals surface area contributed by atoms with Gasteiger partial charge < -0.3 is 14.9 Å². The van der Waals surface area contributed by atoms with Crippen LogP contribution in [0.5, 0.6) is 5.75 Å². The Labute approximate surface area is 262 Å². The van der Waals surface area contributed by atoms with Crippen molar-refractivity contribution in [3.8, 4) is 28.0 Å². The van der Waals surface area contributed by atoms with Crippen molar-refractivity contribution in [2.45, 2.75) is 6.54 Å². The van der Waals surface area contributed by atoms with Crippen LogP contribution in [0.15, 0.2) is 160 Å². The lowest BCUT2D eigenvalue weighted by Gasteiger charge is -2.14. The molecule has 0 saturated carbocycles. The normalized spacial score (nSPS) is 12.1. The summed E-state index contributed by atoms with van der Waals surface area (Å²) in [7, 11) is 1.70. The summed E-state index contributed by atoms with van der Waals surface area (Å²) < 4.78 is 11.8. The van der Waals surface area contributed by atoms with E-state index < -0.39 is 0 Å². The van der Waals surface area contributed by atoms with Gasteiger partial charge in [0.15, 0.2) is 5.84 Å². The zero-order valence-corrected chi connectivity index (χ0v) is 24.9. The molecule has 5 nitrogen and oxygen atoms in total. The highest BCUT2D eigenvalue weighted by atomic mass is 16.5. The van der Waals surface area contributed by atoms with Crippen molar-refractivity contribution in [1.29, 1.82) is 0 Å². The number of ether oxygens (including phenoxy) is 1. The van der Waals surface area contributed by atoms with Gasteiger partial charge in [-0.2, -0.15) is 0 Å². The molecule has 0 spiro atoms. The fourth-order valence-electron chi connectivity index (χ4n) is 5.67. The minimum atomic E-state index is 0.382. The van der Waals surface area contributed by atoms with E-state index in [1.54, 1.807) is 7.11 Å². The number of furan rings is 1. The van der Waals surface area contributed by atoms with Crippen LogP contribution in [0.25, 0.3) is 44.2 Å². The molecule has 0 saturated heterocycles. The number of benzene rings is 6. The van der Waals surface area contributed by atoms with E-state index >= 15 is 0 Å². The zero-order valence-electron chi connectivity index (χ0n) is 24.9. The molecule has 1 heterocycles. The van der Waals surface area contributed by atoms with Crippen LogP contribution in [0.1, 0.15) is 16.7 Å². The van der Waals surface area contributed by atoms with Crippen molar-refractivity contribution in [2.24, 2.45) is 15.7 Å². The molecule has 2 N–H and O–H groups in total. The maximum absolute atomic E-state index is 6.65. The van der Waals surface area contributed by atoms with Crippen molar-refractivity contribution in [3.05, 3.63) is 162 Å². The Morgan fingerprint density at radius 2 is 1.29 bits per heavy atom. The molecule has 0 aliphatic carbocycles. The van der Waals surface area contributed by atoms with Crippen LogP contribution < -0.4 is 10.5 Å². The number of aliphatic imine (C=N–C) groups is 2. The minimum absolute atomic E-state index is 0.382. The van der Waals surface area contributed by atoms with Crippen LogP contribution in [0.4, 0.5) is 0 Å². The molecule has 0 amide bonds. The van der Waals surface area contributed by atoms with Crippen LogP contribution in [0, 0.1) is 0 Å². The minimum Gasteiger partial charge on any atom is -0.496 e. The predicted molar refractivity (Wildman–Crippen MR) is 185 cm³/mol. The first-order valence-electron chi connectivity index (χ1n) is 14.9. The average Bonchev–Trinajstić information content (AvgIpc) is 3.48. The van der Waals surface area contributed by atoms with Crippen molar-refractivity contribution in [2.75, 3.05) is 7.11 Å². The summed E-state index contributed by atoms with van der Waals surface area (Å²) in [5.41, 5.74) is 15.4. The number of nitrogens with two attached hydrogens (primary N) is 1. The Balaban J connectivity index is 1.26. The Kier molecular flexibility index (Phi) is 7.65. The van der Waals surface area contributed by atoms with Crippen LogP contribution in [-0.2, 0) is 6.54 Å². The maximum atomic E-state index is 6.65. The third-order valence-corrected chi connectivity index (χ3v) is 7.94. The molecule has 218 valence electrons. The summed E-state index contributed by atoms with van der Waals surface area (Å²) in [6.07, 6.45) is 0. The molecular weight excluding hydrogens is 554 g/mol. The van der Waals surface area contributed by atoms with Crippen molar-refractivity contribution in [3.63, 3.8) is 0 Å². The Bertz CT molecular complexity index is 2160. The van der Waals surface area contributed by atoms with E-state index in [1.165, 1.54) is 5.56 Å². The van der Waals surface area contributed by atoms with Crippen LogP contribution >= 0.6 is 0 Å². The summed E-state index contributed by atoms with van der Waals surface area (Å²) in [6.45, 7) is 0.388. The van der Waals surface area contributed by atoms with Gasteiger partial charge in [0.25, 0.3) is 0 Å². The van der Waals surface area contributed by atoms with Crippen molar-refractivity contribution < 1.29 is 9.15 Å². The molecule has 0 aliphatic heterocycles. The quantitative estimate of drug-likeness (QED) is 0.150. The number of fused-ring (bicyclic) bond motifs is 3. The molecule has 0 fully saturated rings. The van der Waals surface area contributed by atoms with Gasteiger partial charge in [0.2, 0.25) is 0 Å². The summed E-state index contributed by atoms with van der Waals surface area (Å²) in [6, 6.07) is 48.8. The molecule has 6 aromatic carbocycles. The summed E-state index contributed by atoms with van der Waals surface area (Å²) in [5.74, 6) is 1.73. The molecule has 0 unspecified atom stereocenters. The van der Waals surface area contributed by atoms with Gasteiger partial charge in [0.05, 0.1) is 13.7 Å². The van der Waals surface area contributed by atoms with E-state index in [0.717, 1.165) is 61.1 Å². The second-order valence-corrected chi connectivity index (χ2v) is 10.7. The number of hydrogen-bond acceptors (Lipinski definition) is 3. The Morgan fingerprint density at radius 1 is 0.622 bits per heavy atom. The van der Waals surface area contributed by atoms with Crippen LogP contribution in [0.3, 0.4) is 0 Å². The van der Waals surface area contributed by atoms with E-state index in [1.807, 2.05) is 84.9 Å². The van der Waals surface area contributed by atoms with Gasteiger partial charge >= 0.3 is 0 Å². The second kappa shape index (κ2) is 12.3. The SMILES string of the molecule is COc1cccc(CN=C(N=C(N)c2ccc3oc4ccccc4c3c2)c2ccccc2)c1-c1ccc(-c2ccccc2)cc1. The Morgan fingerprint density at radius 3 is 2.07 bits per heavy atom. The van der Waals surface area contributed by atoms with Gasteiger partial charge in [-0.25, -0.2) is 4.99 Å².